The SMILES string of the molecule is CCOc1cccc(C(C)NC2CCCCC2O)c1. The number of aliphatic hydroxyl groups excluding tert-OH is 1. The van der Waals surface area contributed by atoms with Gasteiger partial charge in [0.15, 0.2) is 0 Å². The highest BCUT2D eigenvalue weighted by Gasteiger charge is 2.24. The molecule has 0 spiro atoms. The zero-order valence-electron chi connectivity index (χ0n) is 11.9. The molecule has 3 nitrogen and oxygen atoms in total. The van der Waals surface area contributed by atoms with Gasteiger partial charge in [-0.25, -0.2) is 0 Å². The Morgan fingerprint density at radius 1 is 1.37 bits per heavy atom. The zero-order chi connectivity index (χ0) is 13.7. The predicted molar refractivity (Wildman–Crippen MR) is 77.4 cm³/mol. The third kappa shape index (κ3) is 3.95. The molecule has 1 aliphatic carbocycles. The Bertz CT molecular complexity index is 394. The van der Waals surface area contributed by atoms with E-state index in [1.807, 2.05) is 19.1 Å². The van der Waals surface area contributed by atoms with E-state index in [1.165, 1.54) is 12.0 Å². The molecule has 1 aromatic carbocycles. The monoisotopic (exact) mass is 263 g/mol. The first-order chi connectivity index (χ1) is 9.20. The van der Waals surface area contributed by atoms with Gasteiger partial charge in [-0.05, 0) is 44.4 Å². The van der Waals surface area contributed by atoms with Crippen LogP contribution < -0.4 is 10.1 Å². The van der Waals surface area contributed by atoms with E-state index < -0.39 is 0 Å². The summed E-state index contributed by atoms with van der Waals surface area (Å²) in [7, 11) is 0. The van der Waals surface area contributed by atoms with E-state index in [0.717, 1.165) is 25.0 Å². The number of hydrogen-bond donors (Lipinski definition) is 2. The van der Waals surface area contributed by atoms with Crippen LogP contribution in [0, 0.1) is 0 Å². The second-order valence-corrected chi connectivity index (χ2v) is 5.35. The van der Waals surface area contributed by atoms with Gasteiger partial charge in [0.25, 0.3) is 0 Å². The highest BCUT2D eigenvalue weighted by molar-refractivity contribution is 5.30. The Hall–Kier alpha value is -1.06. The summed E-state index contributed by atoms with van der Waals surface area (Å²) in [6.07, 6.45) is 4.14. The lowest BCUT2D eigenvalue weighted by molar-refractivity contribution is 0.0859. The fraction of sp³-hybridized carbons (Fsp3) is 0.625. The third-order valence-electron chi connectivity index (χ3n) is 3.86. The Morgan fingerprint density at radius 3 is 2.89 bits per heavy atom. The molecule has 2 N–H and O–H groups in total. The van der Waals surface area contributed by atoms with Gasteiger partial charge in [-0.15, -0.1) is 0 Å². The van der Waals surface area contributed by atoms with Crippen molar-refractivity contribution in [1.29, 1.82) is 0 Å². The van der Waals surface area contributed by atoms with Gasteiger partial charge in [0.05, 0.1) is 12.7 Å². The summed E-state index contributed by atoms with van der Waals surface area (Å²) >= 11 is 0. The minimum atomic E-state index is -0.203. The molecule has 0 amide bonds. The number of nitrogens with one attached hydrogen (secondary N) is 1. The molecule has 0 aliphatic heterocycles. The fourth-order valence-corrected chi connectivity index (χ4v) is 2.76. The third-order valence-corrected chi connectivity index (χ3v) is 3.86. The van der Waals surface area contributed by atoms with Crippen LogP contribution in [0.15, 0.2) is 24.3 Å². The quantitative estimate of drug-likeness (QED) is 0.858. The lowest BCUT2D eigenvalue weighted by Gasteiger charge is -2.31. The maximum Gasteiger partial charge on any atom is 0.119 e. The van der Waals surface area contributed by atoms with E-state index in [2.05, 4.69) is 24.4 Å². The van der Waals surface area contributed by atoms with Gasteiger partial charge in [-0.2, -0.15) is 0 Å². The first-order valence-corrected chi connectivity index (χ1v) is 7.37. The maximum atomic E-state index is 10.0. The summed E-state index contributed by atoms with van der Waals surface area (Å²) in [5.41, 5.74) is 1.21. The number of benzene rings is 1. The number of ether oxygens (including phenoxy) is 1. The predicted octanol–water partition coefficient (Wildman–Crippen LogP) is 3.04. The molecule has 1 aliphatic rings. The highest BCUT2D eigenvalue weighted by Crippen LogP contribution is 2.24. The molecule has 3 atom stereocenters. The molecular formula is C16H25NO2. The van der Waals surface area contributed by atoms with Crippen molar-refractivity contribution >= 4 is 0 Å². The second kappa shape index (κ2) is 6.92. The molecular weight excluding hydrogens is 238 g/mol. The van der Waals surface area contributed by atoms with Crippen LogP contribution in [-0.2, 0) is 0 Å². The van der Waals surface area contributed by atoms with Crippen LogP contribution in [0.4, 0.5) is 0 Å². The molecule has 1 saturated carbocycles. The van der Waals surface area contributed by atoms with Gasteiger partial charge in [-0.1, -0.05) is 25.0 Å². The van der Waals surface area contributed by atoms with Crippen molar-refractivity contribution in [3.63, 3.8) is 0 Å². The van der Waals surface area contributed by atoms with E-state index >= 15 is 0 Å². The van der Waals surface area contributed by atoms with Gasteiger partial charge >= 0.3 is 0 Å². The number of hydrogen-bond acceptors (Lipinski definition) is 3. The van der Waals surface area contributed by atoms with E-state index in [1.54, 1.807) is 0 Å². The largest absolute Gasteiger partial charge is 0.494 e. The van der Waals surface area contributed by atoms with Crippen LogP contribution >= 0.6 is 0 Å². The number of rotatable bonds is 5. The second-order valence-electron chi connectivity index (χ2n) is 5.35. The van der Waals surface area contributed by atoms with Gasteiger partial charge in [0.1, 0.15) is 5.75 Å². The Morgan fingerprint density at radius 2 is 2.16 bits per heavy atom. The molecule has 0 radical (unpaired) electrons. The molecule has 0 saturated heterocycles. The highest BCUT2D eigenvalue weighted by atomic mass is 16.5. The lowest BCUT2D eigenvalue weighted by atomic mass is 9.91. The Kier molecular flexibility index (Phi) is 5.23. The van der Waals surface area contributed by atoms with Crippen molar-refractivity contribution in [1.82, 2.24) is 5.32 Å². The molecule has 0 bridgehead atoms. The maximum absolute atomic E-state index is 10.0. The van der Waals surface area contributed by atoms with Crippen molar-refractivity contribution in [2.45, 2.75) is 57.7 Å². The Balaban J connectivity index is 1.98. The van der Waals surface area contributed by atoms with Crippen molar-refractivity contribution in [2.24, 2.45) is 0 Å². The van der Waals surface area contributed by atoms with Crippen LogP contribution in [-0.4, -0.2) is 23.9 Å². The summed E-state index contributed by atoms with van der Waals surface area (Å²) in [5, 5.41) is 13.6. The van der Waals surface area contributed by atoms with Crippen molar-refractivity contribution in [3.8, 4) is 5.75 Å². The Labute approximate surface area is 116 Å². The smallest absolute Gasteiger partial charge is 0.119 e. The van der Waals surface area contributed by atoms with Crippen molar-refractivity contribution in [2.75, 3.05) is 6.61 Å². The standard InChI is InChI=1S/C16H25NO2/c1-3-19-14-8-6-7-13(11-14)12(2)17-15-9-4-5-10-16(15)18/h6-8,11-12,15-18H,3-5,9-10H2,1-2H3. The topological polar surface area (TPSA) is 41.5 Å². The van der Waals surface area contributed by atoms with E-state index in [-0.39, 0.29) is 18.2 Å². The summed E-state index contributed by atoms with van der Waals surface area (Å²) in [6.45, 7) is 4.83. The minimum absolute atomic E-state index is 0.203. The van der Waals surface area contributed by atoms with Crippen LogP contribution in [0.5, 0.6) is 5.75 Å². The zero-order valence-corrected chi connectivity index (χ0v) is 11.9. The first-order valence-electron chi connectivity index (χ1n) is 7.37. The number of aliphatic hydroxyl groups is 1. The summed E-state index contributed by atoms with van der Waals surface area (Å²) in [6, 6.07) is 8.65. The van der Waals surface area contributed by atoms with Gasteiger partial charge in [0, 0.05) is 12.1 Å². The van der Waals surface area contributed by atoms with Crippen LogP contribution in [0.25, 0.3) is 0 Å². The van der Waals surface area contributed by atoms with Gasteiger partial charge in [0.2, 0.25) is 0 Å². The molecule has 2 rings (SSSR count). The van der Waals surface area contributed by atoms with E-state index in [4.69, 9.17) is 4.74 Å². The van der Waals surface area contributed by atoms with Crippen LogP contribution in [0.3, 0.4) is 0 Å². The summed E-state index contributed by atoms with van der Waals surface area (Å²) in [4.78, 5) is 0. The van der Waals surface area contributed by atoms with Crippen LogP contribution in [0.1, 0.15) is 51.1 Å². The van der Waals surface area contributed by atoms with Crippen molar-refractivity contribution in [3.05, 3.63) is 29.8 Å². The molecule has 19 heavy (non-hydrogen) atoms. The van der Waals surface area contributed by atoms with Gasteiger partial charge < -0.3 is 15.2 Å². The normalized spacial score (nSPS) is 25.0. The molecule has 106 valence electrons. The summed E-state index contributed by atoms with van der Waals surface area (Å²) < 4.78 is 5.53. The van der Waals surface area contributed by atoms with Crippen molar-refractivity contribution < 1.29 is 9.84 Å². The molecule has 3 unspecified atom stereocenters. The minimum Gasteiger partial charge on any atom is -0.494 e. The van der Waals surface area contributed by atoms with E-state index in [9.17, 15) is 5.11 Å². The molecule has 1 fully saturated rings. The first kappa shape index (κ1) is 14.4. The summed E-state index contributed by atoms with van der Waals surface area (Å²) in [5.74, 6) is 0.915. The molecule has 0 heterocycles. The molecule has 3 heteroatoms. The van der Waals surface area contributed by atoms with E-state index in [0.29, 0.717) is 6.61 Å². The fourth-order valence-electron chi connectivity index (χ4n) is 2.76. The molecule has 0 aromatic heterocycles. The lowest BCUT2D eigenvalue weighted by Crippen LogP contribution is -2.43. The average Bonchev–Trinajstić information content (AvgIpc) is 2.42. The van der Waals surface area contributed by atoms with Gasteiger partial charge in [-0.3, -0.25) is 0 Å². The van der Waals surface area contributed by atoms with Crippen LogP contribution in [0.2, 0.25) is 0 Å². The molecule has 1 aromatic rings. The average molecular weight is 263 g/mol.